The first-order valence-electron chi connectivity index (χ1n) is 4.60. The molecule has 0 atom stereocenters. The number of ether oxygens (including phenoxy) is 1. The van der Waals surface area contributed by atoms with Gasteiger partial charge in [0.05, 0.1) is 11.5 Å². The van der Waals surface area contributed by atoms with E-state index in [9.17, 15) is 14.9 Å². The summed E-state index contributed by atoms with van der Waals surface area (Å²) in [6.07, 6.45) is 0. The number of carbonyl (C=O) groups is 1. The van der Waals surface area contributed by atoms with Crippen LogP contribution in [-0.2, 0) is 4.74 Å². The fourth-order valence-electron chi connectivity index (χ4n) is 1.10. The minimum atomic E-state index is -0.603. The number of hydrogen-bond donors (Lipinski definition) is 1. The fourth-order valence-corrected chi connectivity index (χ4v) is 1.10. The van der Waals surface area contributed by atoms with E-state index < -0.39 is 10.9 Å². The number of rotatable bonds is 4. The molecule has 7 heteroatoms. The topological polar surface area (TPSA) is 94.4 Å². The molecule has 1 aromatic heterocycles. The molecule has 0 fully saturated rings. The number of esters is 1. The van der Waals surface area contributed by atoms with Crippen molar-refractivity contribution in [1.29, 1.82) is 0 Å². The summed E-state index contributed by atoms with van der Waals surface area (Å²) < 4.78 is 4.73. The monoisotopic (exact) mass is 225 g/mol. The van der Waals surface area contributed by atoms with Crippen LogP contribution in [0.4, 0.5) is 11.5 Å². The van der Waals surface area contributed by atoms with E-state index in [1.165, 1.54) is 19.2 Å². The molecule has 0 aliphatic heterocycles. The lowest BCUT2D eigenvalue weighted by atomic mass is 10.3. The van der Waals surface area contributed by atoms with Gasteiger partial charge in [0, 0.05) is 13.1 Å². The summed E-state index contributed by atoms with van der Waals surface area (Å²) in [6, 6.07) is 2.47. The van der Waals surface area contributed by atoms with Crippen molar-refractivity contribution in [2.24, 2.45) is 0 Å². The first-order chi connectivity index (χ1) is 7.60. The van der Waals surface area contributed by atoms with Gasteiger partial charge < -0.3 is 10.1 Å². The SMILES string of the molecule is CCOC(=O)c1ccc([N+](=O)[O-])c(NC)n1. The minimum absolute atomic E-state index is 0.0375. The molecule has 0 aliphatic rings. The normalized spacial score (nSPS) is 9.62. The van der Waals surface area contributed by atoms with Crippen LogP contribution in [-0.4, -0.2) is 29.5 Å². The molecule has 0 saturated carbocycles. The van der Waals surface area contributed by atoms with Gasteiger partial charge in [0.25, 0.3) is 0 Å². The Kier molecular flexibility index (Phi) is 3.76. The smallest absolute Gasteiger partial charge is 0.357 e. The second-order valence-electron chi connectivity index (χ2n) is 2.79. The van der Waals surface area contributed by atoms with Crippen LogP contribution in [0.1, 0.15) is 17.4 Å². The molecule has 7 nitrogen and oxygen atoms in total. The van der Waals surface area contributed by atoms with E-state index in [1.54, 1.807) is 6.92 Å². The van der Waals surface area contributed by atoms with Gasteiger partial charge >= 0.3 is 11.7 Å². The number of nitrogens with one attached hydrogen (secondary N) is 1. The second kappa shape index (κ2) is 5.06. The van der Waals surface area contributed by atoms with Crippen molar-refractivity contribution >= 4 is 17.5 Å². The van der Waals surface area contributed by atoms with Crippen LogP contribution >= 0.6 is 0 Å². The average molecular weight is 225 g/mol. The van der Waals surface area contributed by atoms with Crippen molar-refractivity contribution < 1.29 is 14.5 Å². The average Bonchev–Trinajstić information content (AvgIpc) is 2.28. The van der Waals surface area contributed by atoms with Gasteiger partial charge in [-0.05, 0) is 13.0 Å². The maximum absolute atomic E-state index is 11.3. The highest BCUT2D eigenvalue weighted by atomic mass is 16.6. The molecule has 0 unspecified atom stereocenters. The maximum Gasteiger partial charge on any atom is 0.357 e. The van der Waals surface area contributed by atoms with E-state index in [-0.39, 0.29) is 23.8 Å². The molecule has 1 rings (SSSR count). The molecular weight excluding hydrogens is 214 g/mol. The summed E-state index contributed by atoms with van der Waals surface area (Å²) in [6.45, 7) is 1.90. The van der Waals surface area contributed by atoms with Gasteiger partial charge in [-0.3, -0.25) is 10.1 Å². The number of carbonyl (C=O) groups excluding carboxylic acids is 1. The Hall–Kier alpha value is -2.18. The van der Waals surface area contributed by atoms with Gasteiger partial charge in [-0.25, -0.2) is 9.78 Å². The number of hydrogen-bond acceptors (Lipinski definition) is 6. The number of pyridine rings is 1. The highest BCUT2D eigenvalue weighted by Crippen LogP contribution is 2.21. The first-order valence-corrected chi connectivity index (χ1v) is 4.60. The van der Waals surface area contributed by atoms with E-state index in [2.05, 4.69) is 10.3 Å². The molecule has 16 heavy (non-hydrogen) atoms. The van der Waals surface area contributed by atoms with E-state index in [0.29, 0.717) is 0 Å². The molecule has 1 N–H and O–H groups in total. The lowest BCUT2D eigenvalue weighted by molar-refractivity contribution is -0.384. The van der Waals surface area contributed by atoms with Crippen LogP contribution in [0.15, 0.2) is 12.1 Å². The predicted molar refractivity (Wildman–Crippen MR) is 56.4 cm³/mol. The summed E-state index contributed by atoms with van der Waals surface area (Å²) in [5.74, 6) is -0.565. The molecule has 0 radical (unpaired) electrons. The van der Waals surface area contributed by atoms with Crippen molar-refractivity contribution in [3.05, 3.63) is 27.9 Å². The largest absolute Gasteiger partial charge is 0.461 e. The molecular formula is C9H11N3O4. The van der Waals surface area contributed by atoms with Crippen LogP contribution in [0, 0.1) is 10.1 Å². The van der Waals surface area contributed by atoms with Crippen molar-refractivity contribution in [2.45, 2.75) is 6.92 Å². The Labute approximate surface area is 91.6 Å². The van der Waals surface area contributed by atoms with Gasteiger partial charge in [0.15, 0.2) is 5.69 Å². The molecule has 1 heterocycles. The number of aromatic nitrogens is 1. The zero-order valence-corrected chi connectivity index (χ0v) is 8.89. The van der Waals surface area contributed by atoms with Gasteiger partial charge in [0.1, 0.15) is 0 Å². The Morgan fingerprint density at radius 1 is 1.62 bits per heavy atom. The third kappa shape index (κ3) is 2.44. The number of nitrogens with zero attached hydrogens (tertiary/aromatic N) is 2. The Bertz CT molecular complexity index is 419. The molecule has 86 valence electrons. The van der Waals surface area contributed by atoms with E-state index in [0.717, 1.165) is 0 Å². The van der Waals surface area contributed by atoms with Gasteiger partial charge in [-0.1, -0.05) is 0 Å². The van der Waals surface area contributed by atoms with Crippen molar-refractivity contribution in [2.75, 3.05) is 19.0 Å². The summed E-state index contributed by atoms with van der Waals surface area (Å²) in [7, 11) is 1.49. The van der Waals surface area contributed by atoms with Crippen LogP contribution in [0.2, 0.25) is 0 Å². The second-order valence-corrected chi connectivity index (χ2v) is 2.79. The molecule has 0 amide bonds. The standard InChI is InChI=1S/C9H11N3O4/c1-3-16-9(13)6-4-5-7(12(14)15)8(10-2)11-6/h4-5H,3H2,1-2H3,(H,10,11). The lowest BCUT2D eigenvalue weighted by Crippen LogP contribution is -2.09. The van der Waals surface area contributed by atoms with Crippen LogP contribution < -0.4 is 5.32 Å². The van der Waals surface area contributed by atoms with Crippen LogP contribution in [0.3, 0.4) is 0 Å². The van der Waals surface area contributed by atoms with Gasteiger partial charge in [0.2, 0.25) is 5.82 Å². The first kappa shape index (κ1) is 11.9. The summed E-state index contributed by atoms with van der Waals surface area (Å²) >= 11 is 0. The third-order valence-corrected chi connectivity index (χ3v) is 1.79. The Morgan fingerprint density at radius 2 is 2.31 bits per heavy atom. The van der Waals surface area contributed by atoms with Crippen LogP contribution in [0.25, 0.3) is 0 Å². The Morgan fingerprint density at radius 3 is 2.81 bits per heavy atom. The van der Waals surface area contributed by atoms with Gasteiger partial charge in [-0.2, -0.15) is 0 Å². The van der Waals surface area contributed by atoms with Crippen molar-refractivity contribution in [3.8, 4) is 0 Å². The predicted octanol–water partition coefficient (Wildman–Crippen LogP) is 1.21. The van der Waals surface area contributed by atoms with Crippen molar-refractivity contribution in [1.82, 2.24) is 4.98 Å². The molecule has 0 saturated heterocycles. The fraction of sp³-hybridized carbons (Fsp3) is 0.333. The lowest BCUT2D eigenvalue weighted by Gasteiger charge is -2.04. The molecule has 0 aromatic carbocycles. The number of anilines is 1. The van der Waals surface area contributed by atoms with E-state index in [1.807, 2.05) is 0 Å². The molecule has 0 spiro atoms. The molecule has 0 bridgehead atoms. The Balaban J connectivity index is 3.08. The quantitative estimate of drug-likeness (QED) is 0.470. The highest BCUT2D eigenvalue weighted by Gasteiger charge is 2.17. The number of nitro groups is 1. The molecule has 1 aromatic rings. The minimum Gasteiger partial charge on any atom is -0.461 e. The van der Waals surface area contributed by atoms with E-state index >= 15 is 0 Å². The molecule has 0 aliphatic carbocycles. The van der Waals surface area contributed by atoms with Crippen molar-refractivity contribution in [3.63, 3.8) is 0 Å². The third-order valence-electron chi connectivity index (χ3n) is 1.79. The zero-order chi connectivity index (χ0) is 12.1. The maximum atomic E-state index is 11.3. The highest BCUT2D eigenvalue weighted by molar-refractivity contribution is 5.88. The van der Waals surface area contributed by atoms with Crippen LogP contribution in [0.5, 0.6) is 0 Å². The summed E-state index contributed by atoms with van der Waals surface area (Å²) in [4.78, 5) is 25.1. The summed E-state index contributed by atoms with van der Waals surface area (Å²) in [5.41, 5.74) is -0.146. The van der Waals surface area contributed by atoms with E-state index in [4.69, 9.17) is 4.74 Å². The van der Waals surface area contributed by atoms with Gasteiger partial charge in [-0.15, -0.1) is 0 Å². The zero-order valence-electron chi connectivity index (χ0n) is 8.89. The summed E-state index contributed by atoms with van der Waals surface area (Å²) in [5, 5.41) is 13.2.